The molecule has 0 bridgehead atoms. The molecule has 1 N–H and O–H groups in total. The van der Waals surface area contributed by atoms with Crippen LogP contribution in [-0.2, 0) is 14.6 Å². The molecule has 1 amide bonds. The highest BCUT2D eigenvalue weighted by Gasteiger charge is 2.47. The molecule has 4 nitrogen and oxygen atoms in total. The first kappa shape index (κ1) is 11.6. The molecule has 1 aliphatic heterocycles. The zero-order valence-electron chi connectivity index (χ0n) is 8.74. The van der Waals surface area contributed by atoms with Gasteiger partial charge in [-0.25, -0.2) is 8.42 Å². The maximum absolute atomic E-state index is 12.2. The second-order valence-corrected chi connectivity index (χ2v) is 7.49. The van der Waals surface area contributed by atoms with E-state index in [1.165, 1.54) is 19.9 Å². The lowest BCUT2D eigenvalue weighted by atomic mass is 10.1. The molecule has 0 unspecified atom stereocenters. The minimum atomic E-state index is -3.63. The van der Waals surface area contributed by atoms with Gasteiger partial charge in [0.05, 0.1) is 10.6 Å². The van der Waals surface area contributed by atoms with Gasteiger partial charge >= 0.3 is 0 Å². The third-order valence-electron chi connectivity index (χ3n) is 2.70. The van der Waals surface area contributed by atoms with Crippen molar-refractivity contribution >= 4 is 37.4 Å². The van der Waals surface area contributed by atoms with Gasteiger partial charge in [0.15, 0.2) is 9.84 Å². The molecular weight excluding hydrogens is 294 g/mol. The number of carbonyl (C=O) groups excluding carboxylic acids is 1. The number of rotatable bonds is 0. The Balaban J connectivity index is 2.79. The minimum Gasteiger partial charge on any atom is -0.324 e. The summed E-state index contributed by atoms with van der Waals surface area (Å²) in [5, 5.41) is 2.59. The molecule has 0 saturated heterocycles. The number of anilines is 1. The Labute approximate surface area is 102 Å². The van der Waals surface area contributed by atoms with Gasteiger partial charge in [0, 0.05) is 4.47 Å². The van der Waals surface area contributed by atoms with Crippen LogP contribution in [0.1, 0.15) is 13.8 Å². The summed E-state index contributed by atoms with van der Waals surface area (Å²) in [6.45, 7) is 2.81. The van der Waals surface area contributed by atoms with Crippen LogP contribution in [-0.4, -0.2) is 19.1 Å². The van der Waals surface area contributed by atoms with Gasteiger partial charge in [-0.1, -0.05) is 15.9 Å². The highest BCUT2D eigenvalue weighted by molar-refractivity contribution is 9.10. The quantitative estimate of drug-likeness (QED) is 0.797. The van der Waals surface area contributed by atoms with Gasteiger partial charge in [0.2, 0.25) is 5.91 Å². The van der Waals surface area contributed by atoms with Gasteiger partial charge in [-0.3, -0.25) is 4.79 Å². The molecule has 2 rings (SSSR count). The lowest BCUT2D eigenvalue weighted by molar-refractivity contribution is -0.118. The summed E-state index contributed by atoms with van der Waals surface area (Å²) in [5.74, 6) is -0.498. The van der Waals surface area contributed by atoms with Gasteiger partial charge in [-0.2, -0.15) is 0 Å². The summed E-state index contributed by atoms with van der Waals surface area (Å²) in [6.07, 6.45) is 0. The van der Waals surface area contributed by atoms with Crippen molar-refractivity contribution in [1.29, 1.82) is 0 Å². The average molecular weight is 304 g/mol. The molecule has 0 aliphatic carbocycles. The summed E-state index contributed by atoms with van der Waals surface area (Å²) in [5.41, 5.74) is 0.340. The van der Waals surface area contributed by atoms with E-state index in [2.05, 4.69) is 21.2 Å². The van der Waals surface area contributed by atoms with Crippen LogP contribution in [0.3, 0.4) is 0 Å². The minimum absolute atomic E-state index is 0.159. The van der Waals surface area contributed by atoms with Crippen LogP contribution in [0.2, 0.25) is 0 Å². The normalized spacial score (nSPS) is 21.1. The van der Waals surface area contributed by atoms with Crippen molar-refractivity contribution < 1.29 is 13.2 Å². The fraction of sp³-hybridized carbons (Fsp3) is 0.300. The zero-order chi connectivity index (χ0) is 12.1. The Morgan fingerprint density at radius 3 is 2.56 bits per heavy atom. The summed E-state index contributed by atoms with van der Waals surface area (Å²) in [7, 11) is -3.63. The molecule has 1 aliphatic rings. The van der Waals surface area contributed by atoms with E-state index in [9.17, 15) is 13.2 Å². The molecule has 0 fully saturated rings. The standard InChI is InChI=1S/C10H10BrNO3S/c1-10(2)9(13)12-7-4-3-6(11)5-8(7)16(10,14)15/h3-5H,1-2H3,(H,12,13). The van der Waals surface area contributed by atoms with Crippen LogP contribution >= 0.6 is 15.9 Å². The summed E-state index contributed by atoms with van der Waals surface area (Å²) >= 11 is 3.22. The Kier molecular flexibility index (Phi) is 2.40. The summed E-state index contributed by atoms with van der Waals surface area (Å²) < 4.78 is 23.7. The van der Waals surface area contributed by atoms with E-state index in [0.717, 1.165) is 0 Å². The van der Waals surface area contributed by atoms with Crippen LogP contribution in [0, 0.1) is 0 Å². The number of carbonyl (C=O) groups is 1. The van der Waals surface area contributed by atoms with Crippen molar-refractivity contribution in [2.75, 3.05) is 5.32 Å². The van der Waals surface area contributed by atoms with E-state index in [-0.39, 0.29) is 4.90 Å². The van der Waals surface area contributed by atoms with Crippen molar-refractivity contribution in [3.05, 3.63) is 22.7 Å². The van der Waals surface area contributed by atoms with Crippen molar-refractivity contribution in [3.63, 3.8) is 0 Å². The van der Waals surface area contributed by atoms with Crippen LogP contribution in [0.25, 0.3) is 0 Å². The van der Waals surface area contributed by atoms with E-state index in [1.807, 2.05) is 0 Å². The molecule has 0 aromatic heterocycles. The molecular formula is C10H10BrNO3S. The SMILES string of the molecule is CC1(C)C(=O)Nc2ccc(Br)cc2S1(=O)=O. The summed E-state index contributed by atoms with van der Waals surface area (Å²) in [4.78, 5) is 11.8. The van der Waals surface area contributed by atoms with Crippen molar-refractivity contribution in [1.82, 2.24) is 0 Å². The summed E-state index contributed by atoms with van der Waals surface area (Å²) in [6, 6.07) is 4.77. The number of hydrogen-bond donors (Lipinski definition) is 1. The van der Waals surface area contributed by atoms with Crippen LogP contribution < -0.4 is 5.32 Å². The predicted molar refractivity (Wildman–Crippen MR) is 64.0 cm³/mol. The smallest absolute Gasteiger partial charge is 0.245 e. The Morgan fingerprint density at radius 2 is 1.94 bits per heavy atom. The molecule has 1 aromatic carbocycles. The van der Waals surface area contributed by atoms with Crippen molar-refractivity contribution in [2.24, 2.45) is 0 Å². The molecule has 0 atom stereocenters. The third-order valence-corrected chi connectivity index (χ3v) is 5.64. The van der Waals surface area contributed by atoms with Gasteiger partial charge in [-0.15, -0.1) is 0 Å². The van der Waals surface area contributed by atoms with E-state index in [1.54, 1.807) is 12.1 Å². The van der Waals surface area contributed by atoms with E-state index in [4.69, 9.17) is 0 Å². The zero-order valence-corrected chi connectivity index (χ0v) is 11.1. The Bertz CT molecular complexity index is 578. The molecule has 16 heavy (non-hydrogen) atoms. The Morgan fingerprint density at radius 1 is 1.31 bits per heavy atom. The topological polar surface area (TPSA) is 63.2 Å². The number of nitrogens with one attached hydrogen (secondary N) is 1. The van der Waals surface area contributed by atoms with E-state index in [0.29, 0.717) is 10.2 Å². The number of hydrogen-bond acceptors (Lipinski definition) is 3. The molecule has 86 valence electrons. The first-order valence-electron chi connectivity index (χ1n) is 4.62. The third kappa shape index (κ3) is 1.40. The number of sulfone groups is 1. The van der Waals surface area contributed by atoms with E-state index >= 15 is 0 Å². The molecule has 1 heterocycles. The fourth-order valence-corrected chi connectivity index (χ4v) is 3.54. The number of amides is 1. The lowest BCUT2D eigenvalue weighted by Gasteiger charge is -2.30. The molecule has 6 heteroatoms. The van der Waals surface area contributed by atoms with Crippen LogP contribution in [0.4, 0.5) is 5.69 Å². The maximum Gasteiger partial charge on any atom is 0.245 e. The number of benzene rings is 1. The van der Waals surface area contributed by atoms with Gasteiger partial charge in [-0.05, 0) is 32.0 Å². The highest BCUT2D eigenvalue weighted by Crippen LogP contribution is 2.37. The largest absolute Gasteiger partial charge is 0.324 e. The highest BCUT2D eigenvalue weighted by atomic mass is 79.9. The van der Waals surface area contributed by atoms with Crippen molar-refractivity contribution in [2.45, 2.75) is 23.5 Å². The average Bonchev–Trinajstić information content (AvgIpc) is 2.18. The maximum atomic E-state index is 12.2. The van der Waals surface area contributed by atoms with Gasteiger partial charge in [0.1, 0.15) is 4.75 Å². The molecule has 0 saturated carbocycles. The Hall–Kier alpha value is -0.880. The second kappa shape index (κ2) is 3.30. The van der Waals surface area contributed by atoms with Crippen molar-refractivity contribution in [3.8, 4) is 0 Å². The second-order valence-electron chi connectivity index (χ2n) is 4.11. The fourth-order valence-electron chi connectivity index (χ4n) is 1.49. The molecule has 0 spiro atoms. The first-order valence-corrected chi connectivity index (χ1v) is 6.90. The lowest BCUT2D eigenvalue weighted by Crippen LogP contribution is -2.48. The number of halogens is 1. The predicted octanol–water partition coefficient (Wildman–Crippen LogP) is 1.95. The van der Waals surface area contributed by atoms with Gasteiger partial charge in [0.25, 0.3) is 0 Å². The van der Waals surface area contributed by atoms with Crippen LogP contribution in [0.5, 0.6) is 0 Å². The van der Waals surface area contributed by atoms with Gasteiger partial charge < -0.3 is 5.32 Å². The van der Waals surface area contributed by atoms with E-state index < -0.39 is 20.5 Å². The molecule has 0 radical (unpaired) electrons. The molecule has 1 aromatic rings. The number of fused-ring (bicyclic) bond motifs is 1. The monoisotopic (exact) mass is 303 g/mol. The van der Waals surface area contributed by atoms with Crippen LogP contribution in [0.15, 0.2) is 27.6 Å². The first-order chi connectivity index (χ1) is 7.26.